The first-order chi connectivity index (χ1) is 9.61. The Bertz CT molecular complexity index is 618. The first-order valence-corrected chi connectivity index (χ1v) is 7.81. The molecule has 1 N–H and O–H groups in total. The van der Waals surface area contributed by atoms with E-state index in [0.717, 1.165) is 42.6 Å². The molecule has 0 spiro atoms. The van der Waals surface area contributed by atoms with Crippen molar-refractivity contribution in [3.8, 4) is 0 Å². The predicted molar refractivity (Wildman–Crippen MR) is 84.6 cm³/mol. The molecular formula is C15H22N2O2S. The van der Waals surface area contributed by atoms with Gasteiger partial charge in [-0.05, 0) is 50.6 Å². The summed E-state index contributed by atoms with van der Waals surface area (Å²) in [5, 5.41) is 8.83. The van der Waals surface area contributed by atoms with E-state index in [0.29, 0.717) is 0 Å². The molecule has 1 aromatic heterocycles. The Morgan fingerprint density at radius 2 is 2.10 bits per heavy atom. The third kappa shape index (κ3) is 3.69. The van der Waals surface area contributed by atoms with Gasteiger partial charge in [-0.2, -0.15) is 0 Å². The van der Waals surface area contributed by atoms with E-state index in [1.165, 1.54) is 16.9 Å². The minimum Gasteiger partial charge on any atom is -0.395 e. The van der Waals surface area contributed by atoms with Crippen LogP contribution in [0.4, 0.5) is 0 Å². The number of rotatable bonds is 7. The second-order valence-electron chi connectivity index (χ2n) is 5.21. The topological polar surface area (TPSA) is 45.5 Å². The smallest absolute Gasteiger partial charge is 0.307 e. The maximum Gasteiger partial charge on any atom is 0.307 e. The lowest BCUT2D eigenvalue weighted by Crippen LogP contribution is -2.23. The molecule has 1 aromatic carbocycles. The molecule has 2 aromatic rings. The molecule has 0 fully saturated rings. The molecule has 5 heteroatoms. The van der Waals surface area contributed by atoms with Crippen LogP contribution in [0.1, 0.15) is 18.4 Å². The molecule has 0 amide bonds. The monoisotopic (exact) mass is 294 g/mol. The van der Waals surface area contributed by atoms with Gasteiger partial charge in [0, 0.05) is 13.6 Å². The van der Waals surface area contributed by atoms with Crippen LogP contribution in [0, 0.1) is 0 Å². The zero-order valence-electron chi connectivity index (χ0n) is 12.1. The number of hydrogen-bond donors (Lipinski definition) is 1. The van der Waals surface area contributed by atoms with Crippen molar-refractivity contribution < 1.29 is 5.11 Å². The zero-order valence-corrected chi connectivity index (χ0v) is 12.9. The van der Waals surface area contributed by atoms with E-state index < -0.39 is 0 Å². The van der Waals surface area contributed by atoms with Crippen molar-refractivity contribution in [2.45, 2.75) is 19.3 Å². The lowest BCUT2D eigenvalue weighted by molar-refractivity contribution is 0.219. The normalized spacial score (nSPS) is 11.6. The molecule has 110 valence electrons. The van der Waals surface area contributed by atoms with Crippen LogP contribution in [-0.2, 0) is 13.5 Å². The highest BCUT2D eigenvalue weighted by Gasteiger charge is 2.05. The number of aliphatic hydroxyl groups excluding tert-OH is 1. The summed E-state index contributed by atoms with van der Waals surface area (Å²) in [5.41, 5.74) is 2.32. The van der Waals surface area contributed by atoms with Crippen LogP contribution in [0.2, 0.25) is 0 Å². The average molecular weight is 294 g/mol. The summed E-state index contributed by atoms with van der Waals surface area (Å²) in [5.74, 6) is 0. The maximum absolute atomic E-state index is 11.6. The van der Waals surface area contributed by atoms with Gasteiger partial charge in [-0.25, -0.2) is 0 Å². The summed E-state index contributed by atoms with van der Waals surface area (Å²) in [7, 11) is 3.85. The van der Waals surface area contributed by atoms with Crippen molar-refractivity contribution in [1.29, 1.82) is 0 Å². The lowest BCUT2D eigenvalue weighted by Gasteiger charge is -2.14. The zero-order chi connectivity index (χ0) is 14.5. The fourth-order valence-electron chi connectivity index (χ4n) is 2.33. The molecule has 2 rings (SSSR count). The number of likely N-dealkylation sites (N-methyl/N-ethyl adjacent to an activating group) is 1. The quantitative estimate of drug-likeness (QED) is 0.793. The van der Waals surface area contributed by atoms with E-state index >= 15 is 0 Å². The first-order valence-electron chi connectivity index (χ1n) is 6.99. The van der Waals surface area contributed by atoms with Gasteiger partial charge in [-0.1, -0.05) is 17.4 Å². The number of fused-ring (bicyclic) bond motifs is 1. The molecular weight excluding hydrogens is 272 g/mol. The van der Waals surface area contributed by atoms with E-state index in [2.05, 4.69) is 17.0 Å². The third-order valence-electron chi connectivity index (χ3n) is 3.59. The minimum absolute atomic E-state index is 0.0998. The van der Waals surface area contributed by atoms with Crippen LogP contribution < -0.4 is 4.87 Å². The van der Waals surface area contributed by atoms with Gasteiger partial charge in [-0.3, -0.25) is 4.79 Å². The fraction of sp³-hybridized carbons (Fsp3) is 0.533. The summed E-state index contributed by atoms with van der Waals surface area (Å²) in [6.07, 6.45) is 3.29. The number of unbranched alkanes of at least 4 members (excludes halogenated alkanes) is 1. The van der Waals surface area contributed by atoms with Crippen LogP contribution >= 0.6 is 11.3 Å². The molecule has 0 aliphatic rings. The summed E-state index contributed by atoms with van der Waals surface area (Å²) < 4.78 is 2.78. The lowest BCUT2D eigenvalue weighted by atomic mass is 10.1. The number of thiazole rings is 1. The number of aromatic nitrogens is 1. The molecule has 0 aliphatic carbocycles. The van der Waals surface area contributed by atoms with Gasteiger partial charge in [0.25, 0.3) is 0 Å². The molecule has 0 radical (unpaired) electrons. The van der Waals surface area contributed by atoms with Gasteiger partial charge < -0.3 is 14.6 Å². The number of aryl methyl sites for hydroxylation is 2. The van der Waals surface area contributed by atoms with Crippen LogP contribution in [0.25, 0.3) is 10.2 Å². The Labute approximate surface area is 123 Å². The molecule has 0 unspecified atom stereocenters. The van der Waals surface area contributed by atoms with E-state index in [4.69, 9.17) is 5.11 Å². The molecule has 20 heavy (non-hydrogen) atoms. The molecule has 0 saturated heterocycles. The van der Waals surface area contributed by atoms with Gasteiger partial charge >= 0.3 is 4.87 Å². The number of aliphatic hydroxyl groups is 1. The SMILES string of the molecule is CN(CCO)CCCCc1ccc2c(c1)sc(=O)n2C. The van der Waals surface area contributed by atoms with Gasteiger partial charge in [0.1, 0.15) is 0 Å². The molecule has 1 heterocycles. The van der Waals surface area contributed by atoms with Crippen LogP contribution in [-0.4, -0.2) is 41.3 Å². The molecule has 0 aliphatic heterocycles. The second-order valence-corrected chi connectivity index (χ2v) is 6.21. The fourth-order valence-corrected chi connectivity index (χ4v) is 3.27. The Morgan fingerprint density at radius 1 is 1.30 bits per heavy atom. The molecule has 0 atom stereocenters. The van der Waals surface area contributed by atoms with Crippen molar-refractivity contribution in [3.05, 3.63) is 33.4 Å². The summed E-state index contributed by atoms with van der Waals surface area (Å²) >= 11 is 1.32. The van der Waals surface area contributed by atoms with Crippen molar-refractivity contribution in [2.24, 2.45) is 7.05 Å². The number of benzene rings is 1. The highest BCUT2D eigenvalue weighted by atomic mass is 32.1. The van der Waals surface area contributed by atoms with E-state index in [1.807, 2.05) is 20.2 Å². The van der Waals surface area contributed by atoms with Gasteiger partial charge in [0.15, 0.2) is 0 Å². The standard InChI is InChI=1S/C15H22N2O2S/c1-16(9-10-18)8-4-3-5-12-6-7-13-14(11-12)20-15(19)17(13)2/h6-7,11,18H,3-5,8-10H2,1-2H3. The Morgan fingerprint density at radius 3 is 2.85 bits per heavy atom. The van der Waals surface area contributed by atoms with E-state index in [9.17, 15) is 4.79 Å². The van der Waals surface area contributed by atoms with E-state index in [1.54, 1.807) is 4.57 Å². The predicted octanol–water partition coefficient (Wildman–Crippen LogP) is 1.85. The summed E-state index contributed by atoms with van der Waals surface area (Å²) in [4.78, 5) is 13.8. The largest absolute Gasteiger partial charge is 0.395 e. The minimum atomic E-state index is 0.0998. The van der Waals surface area contributed by atoms with Crippen molar-refractivity contribution in [2.75, 3.05) is 26.7 Å². The summed E-state index contributed by atoms with van der Waals surface area (Å²) in [6, 6.07) is 6.30. The summed E-state index contributed by atoms with van der Waals surface area (Å²) in [6.45, 7) is 1.98. The van der Waals surface area contributed by atoms with Gasteiger partial charge in [-0.15, -0.1) is 0 Å². The van der Waals surface area contributed by atoms with Crippen LogP contribution in [0.5, 0.6) is 0 Å². The van der Waals surface area contributed by atoms with Gasteiger partial charge in [0.05, 0.1) is 16.8 Å². The second kappa shape index (κ2) is 7.02. The van der Waals surface area contributed by atoms with Crippen molar-refractivity contribution >= 4 is 21.6 Å². The molecule has 4 nitrogen and oxygen atoms in total. The highest BCUT2D eigenvalue weighted by Crippen LogP contribution is 2.19. The average Bonchev–Trinajstić information content (AvgIpc) is 2.70. The Hall–Kier alpha value is -1.17. The molecule has 0 saturated carbocycles. The first kappa shape index (κ1) is 15.2. The van der Waals surface area contributed by atoms with Crippen LogP contribution in [0.3, 0.4) is 0 Å². The van der Waals surface area contributed by atoms with Crippen molar-refractivity contribution in [1.82, 2.24) is 9.47 Å². The number of nitrogens with zero attached hydrogens (tertiary/aromatic N) is 2. The number of hydrogen-bond acceptors (Lipinski definition) is 4. The Balaban J connectivity index is 1.89. The van der Waals surface area contributed by atoms with Gasteiger partial charge in [0.2, 0.25) is 0 Å². The van der Waals surface area contributed by atoms with Crippen LogP contribution in [0.15, 0.2) is 23.0 Å². The Kier molecular flexibility index (Phi) is 5.34. The maximum atomic E-state index is 11.6. The van der Waals surface area contributed by atoms with Crippen molar-refractivity contribution in [3.63, 3.8) is 0 Å². The third-order valence-corrected chi connectivity index (χ3v) is 4.59. The van der Waals surface area contributed by atoms with E-state index in [-0.39, 0.29) is 11.5 Å². The molecule has 0 bridgehead atoms. The highest BCUT2D eigenvalue weighted by molar-refractivity contribution is 7.16.